The van der Waals surface area contributed by atoms with Gasteiger partial charge in [0.15, 0.2) is 5.65 Å². The summed E-state index contributed by atoms with van der Waals surface area (Å²) in [5.41, 5.74) is 0.816. The summed E-state index contributed by atoms with van der Waals surface area (Å²) in [5, 5.41) is 17.4. The van der Waals surface area contributed by atoms with Crippen molar-refractivity contribution < 1.29 is 5.11 Å². The maximum absolute atomic E-state index is 9.06. The average molecular weight is 304 g/mol. The number of aromatic nitrogens is 4. The highest BCUT2D eigenvalue weighted by molar-refractivity contribution is 5.87. The molecule has 0 aromatic carbocycles. The van der Waals surface area contributed by atoms with Crippen LogP contribution in [0.2, 0.25) is 0 Å². The Balaban J connectivity index is 1.99. The molecule has 2 aromatic heterocycles. The first-order valence-corrected chi connectivity index (χ1v) is 7.88. The molecule has 0 amide bonds. The SMILES string of the molecule is C[C@H]1C[C@H](C)CN(c2nc(NCCO)c3cnn(C)c3n2)C1. The van der Waals surface area contributed by atoms with Crippen LogP contribution >= 0.6 is 0 Å². The van der Waals surface area contributed by atoms with Gasteiger partial charge in [0.05, 0.1) is 18.2 Å². The summed E-state index contributed by atoms with van der Waals surface area (Å²) in [6.07, 6.45) is 3.01. The number of aryl methyl sites for hydroxylation is 1. The molecule has 2 aromatic rings. The molecule has 1 aliphatic heterocycles. The number of anilines is 2. The van der Waals surface area contributed by atoms with Gasteiger partial charge in [0.25, 0.3) is 0 Å². The topological polar surface area (TPSA) is 79.1 Å². The summed E-state index contributed by atoms with van der Waals surface area (Å²) < 4.78 is 1.77. The van der Waals surface area contributed by atoms with Gasteiger partial charge in [-0.15, -0.1) is 0 Å². The molecule has 0 radical (unpaired) electrons. The Morgan fingerprint density at radius 1 is 1.27 bits per heavy atom. The number of nitrogens with zero attached hydrogens (tertiary/aromatic N) is 5. The molecule has 1 fully saturated rings. The lowest BCUT2D eigenvalue weighted by Gasteiger charge is -2.35. The van der Waals surface area contributed by atoms with Crippen LogP contribution in [-0.4, -0.2) is 51.1 Å². The number of aliphatic hydroxyl groups excluding tert-OH is 1. The Morgan fingerprint density at radius 3 is 2.68 bits per heavy atom. The lowest BCUT2D eigenvalue weighted by Crippen LogP contribution is -2.39. The number of piperidine rings is 1. The van der Waals surface area contributed by atoms with Gasteiger partial charge in [0.2, 0.25) is 5.95 Å². The molecular formula is C15H24N6O. The number of aliphatic hydroxyl groups is 1. The Bertz CT molecular complexity index is 645. The number of hydrogen-bond acceptors (Lipinski definition) is 6. The zero-order valence-corrected chi connectivity index (χ0v) is 13.5. The Kier molecular flexibility index (Phi) is 4.15. The standard InChI is InChI=1S/C15H24N6O/c1-10-6-11(2)9-21(8-10)15-18-13(16-4-5-22)12-7-17-20(3)14(12)19-15/h7,10-11,22H,4-6,8-9H2,1-3H3,(H,16,18,19)/t10-,11-/m0/s1. The molecule has 120 valence electrons. The predicted octanol–water partition coefficient (Wildman–Crippen LogP) is 1.25. The van der Waals surface area contributed by atoms with Crippen molar-refractivity contribution >= 4 is 22.8 Å². The largest absolute Gasteiger partial charge is 0.395 e. The second-order valence-corrected chi connectivity index (χ2v) is 6.38. The minimum Gasteiger partial charge on any atom is -0.395 e. The van der Waals surface area contributed by atoms with Crippen LogP contribution in [0.3, 0.4) is 0 Å². The van der Waals surface area contributed by atoms with Crippen LogP contribution in [0.4, 0.5) is 11.8 Å². The van der Waals surface area contributed by atoms with Gasteiger partial charge >= 0.3 is 0 Å². The van der Waals surface area contributed by atoms with E-state index in [0.717, 1.165) is 35.9 Å². The van der Waals surface area contributed by atoms with Crippen molar-refractivity contribution in [2.75, 3.05) is 36.5 Å². The third-order valence-electron chi connectivity index (χ3n) is 4.14. The van der Waals surface area contributed by atoms with Crippen LogP contribution in [0.1, 0.15) is 20.3 Å². The van der Waals surface area contributed by atoms with Crippen molar-refractivity contribution in [2.45, 2.75) is 20.3 Å². The Labute approximate surface area is 130 Å². The van der Waals surface area contributed by atoms with E-state index < -0.39 is 0 Å². The van der Waals surface area contributed by atoms with E-state index in [4.69, 9.17) is 10.1 Å². The quantitative estimate of drug-likeness (QED) is 0.885. The second-order valence-electron chi connectivity index (χ2n) is 6.38. The van der Waals surface area contributed by atoms with E-state index in [2.05, 4.69) is 34.1 Å². The van der Waals surface area contributed by atoms with Gasteiger partial charge in [-0.3, -0.25) is 4.68 Å². The molecule has 1 saturated heterocycles. The molecule has 2 atom stereocenters. The number of nitrogens with one attached hydrogen (secondary N) is 1. The second kappa shape index (κ2) is 6.08. The van der Waals surface area contributed by atoms with Gasteiger partial charge in [-0.05, 0) is 18.3 Å². The molecular weight excluding hydrogens is 280 g/mol. The first-order chi connectivity index (χ1) is 10.6. The first-order valence-electron chi connectivity index (χ1n) is 7.88. The van der Waals surface area contributed by atoms with E-state index in [1.807, 2.05) is 7.05 Å². The summed E-state index contributed by atoms with van der Waals surface area (Å²) in [4.78, 5) is 11.7. The van der Waals surface area contributed by atoms with E-state index in [1.165, 1.54) is 6.42 Å². The normalized spacial score (nSPS) is 22.3. The Hall–Kier alpha value is -1.89. The maximum Gasteiger partial charge on any atom is 0.229 e. The van der Waals surface area contributed by atoms with Crippen molar-refractivity contribution in [3.63, 3.8) is 0 Å². The molecule has 7 heteroatoms. The highest BCUT2D eigenvalue weighted by Crippen LogP contribution is 2.27. The van der Waals surface area contributed by atoms with E-state index in [1.54, 1.807) is 10.9 Å². The fraction of sp³-hybridized carbons (Fsp3) is 0.667. The molecule has 1 aliphatic rings. The van der Waals surface area contributed by atoms with E-state index in [9.17, 15) is 0 Å². The summed E-state index contributed by atoms with van der Waals surface area (Å²) in [6, 6.07) is 0. The third kappa shape index (κ3) is 2.85. The minimum absolute atomic E-state index is 0.0683. The van der Waals surface area contributed by atoms with Crippen LogP contribution in [0.15, 0.2) is 6.20 Å². The lowest BCUT2D eigenvalue weighted by atomic mass is 9.92. The van der Waals surface area contributed by atoms with Gasteiger partial charge in [0, 0.05) is 26.7 Å². The molecule has 7 nitrogen and oxygen atoms in total. The van der Waals surface area contributed by atoms with Crippen molar-refractivity contribution in [3.05, 3.63) is 6.20 Å². The van der Waals surface area contributed by atoms with Crippen LogP contribution in [-0.2, 0) is 7.05 Å². The van der Waals surface area contributed by atoms with E-state index in [-0.39, 0.29) is 6.61 Å². The van der Waals surface area contributed by atoms with Crippen molar-refractivity contribution in [3.8, 4) is 0 Å². The van der Waals surface area contributed by atoms with Crippen molar-refractivity contribution in [1.29, 1.82) is 0 Å². The van der Waals surface area contributed by atoms with Crippen molar-refractivity contribution in [2.24, 2.45) is 18.9 Å². The van der Waals surface area contributed by atoms with Crippen LogP contribution in [0.25, 0.3) is 11.0 Å². The number of hydrogen-bond donors (Lipinski definition) is 2. The number of fused-ring (bicyclic) bond motifs is 1. The van der Waals surface area contributed by atoms with Crippen LogP contribution in [0, 0.1) is 11.8 Å². The third-order valence-corrected chi connectivity index (χ3v) is 4.14. The number of rotatable bonds is 4. The average Bonchev–Trinajstić information content (AvgIpc) is 2.85. The Morgan fingerprint density at radius 2 is 2.00 bits per heavy atom. The molecule has 0 aliphatic carbocycles. The monoisotopic (exact) mass is 304 g/mol. The smallest absolute Gasteiger partial charge is 0.229 e. The van der Waals surface area contributed by atoms with E-state index in [0.29, 0.717) is 18.4 Å². The molecule has 22 heavy (non-hydrogen) atoms. The molecule has 3 rings (SSSR count). The summed E-state index contributed by atoms with van der Waals surface area (Å²) >= 11 is 0. The van der Waals surface area contributed by atoms with Crippen LogP contribution < -0.4 is 10.2 Å². The molecule has 3 heterocycles. The van der Waals surface area contributed by atoms with Crippen molar-refractivity contribution in [1.82, 2.24) is 19.7 Å². The van der Waals surface area contributed by atoms with Gasteiger partial charge in [0.1, 0.15) is 5.82 Å². The maximum atomic E-state index is 9.06. The fourth-order valence-electron chi connectivity index (χ4n) is 3.29. The zero-order chi connectivity index (χ0) is 15.7. The molecule has 2 N–H and O–H groups in total. The first kappa shape index (κ1) is 15.0. The summed E-state index contributed by atoms with van der Waals surface area (Å²) in [5.74, 6) is 2.77. The van der Waals surface area contributed by atoms with Gasteiger partial charge < -0.3 is 15.3 Å². The van der Waals surface area contributed by atoms with Gasteiger partial charge in [-0.25, -0.2) is 0 Å². The van der Waals surface area contributed by atoms with E-state index >= 15 is 0 Å². The highest BCUT2D eigenvalue weighted by atomic mass is 16.3. The molecule has 0 unspecified atom stereocenters. The highest BCUT2D eigenvalue weighted by Gasteiger charge is 2.25. The predicted molar refractivity (Wildman–Crippen MR) is 87.0 cm³/mol. The lowest BCUT2D eigenvalue weighted by molar-refractivity contribution is 0.311. The zero-order valence-electron chi connectivity index (χ0n) is 13.5. The van der Waals surface area contributed by atoms with Crippen LogP contribution in [0.5, 0.6) is 0 Å². The fourth-order valence-corrected chi connectivity index (χ4v) is 3.29. The molecule has 0 saturated carbocycles. The van der Waals surface area contributed by atoms with Gasteiger partial charge in [-0.2, -0.15) is 15.1 Å². The molecule has 0 spiro atoms. The minimum atomic E-state index is 0.0683. The molecule has 0 bridgehead atoms. The van der Waals surface area contributed by atoms with Gasteiger partial charge in [-0.1, -0.05) is 13.8 Å². The summed E-state index contributed by atoms with van der Waals surface area (Å²) in [6.45, 7) is 7.04. The summed E-state index contributed by atoms with van der Waals surface area (Å²) in [7, 11) is 1.89.